The maximum absolute atomic E-state index is 10.5. The van der Waals surface area contributed by atoms with E-state index in [-0.39, 0.29) is 0 Å². The van der Waals surface area contributed by atoms with Crippen LogP contribution in [0.15, 0.2) is 0 Å². The molecule has 0 aliphatic heterocycles. The second-order valence-electron chi connectivity index (χ2n) is 1.39. The van der Waals surface area contributed by atoms with Crippen molar-refractivity contribution in [3.05, 3.63) is 0 Å². The van der Waals surface area contributed by atoms with Gasteiger partial charge in [-0.3, -0.25) is 4.84 Å². The van der Waals surface area contributed by atoms with Gasteiger partial charge >= 0.3 is 6.09 Å². The standard InChI is InChI=1S/C5H11NO3/c1-4-9-6(2)5(7)8-3/h4H2,1-3H3. The number of carbonyl (C=O) groups is 1. The smallest absolute Gasteiger partial charge is 0.433 e. The second-order valence-corrected chi connectivity index (χ2v) is 1.39. The summed E-state index contributed by atoms with van der Waals surface area (Å²) in [5.41, 5.74) is 0. The van der Waals surface area contributed by atoms with Gasteiger partial charge in [-0.25, -0.2) is 4.79 Å². The molecule has 0 unspecified atom stereocenters. The number of hydroxylamine groups is 2. The number of amides is 1. The number of hydrogen-bond donors (Lipinski definition) is 0. The fraction of sp³-hybridized carbons (Fsp3) is 0.800. The summed E-state index contributed by atoms with van der Waals surface area (Å²) in [4.78, 5) is 15.2. The lowest BCUT2D eigenvalue weighted by molar-refractivity contribution is -0.110. The van der Waals surface area contributed by atoms with E-state index in [1.54, 1.807) is 6.92 Å². The summed E-state index contributed by atoms with van der Waals surface area (Å²) in [7, 11) is 2.80. The van der Waals surface area contributed by atoms with Crippen LogP contribution in [0.25, 0.3) is 0 Å². The fourth-order valence-electron chi connectivity index (χ4n) is 0.375. The zero-order valence-electron chi connectivity index (χ0n) is 5.88. The Labute approximate surface area is 54.3 Å². The molecule has 9 heavy (non-hydrogen) atoms. The topological polar surface area (TPSA) is 38.8 Å². The van der Waals surface area contributed by atoms with Crippen molar-refractivity contribution in [2.24, 2.45) is 0 Å². The molecule has 0 aliphatic rings. The molecule has 0 heterocycles. The van der Waals surface area contributed by atoms with Crippen LogP contribution in [0.3, 0.4) is 0 Å². The zero-order chi connectivity index (χ0) is 7.28. The third-order valence-corrected chi connectivity index (χ3v) is 0.754. The summed E-state index contributed by atoms with van der Waals surface area (Å²) in [5.74, 6) is 0. The monoisotopic (exact) mass is 133 g/mol. The maximum atomic E-state index is 10.5. The van der Waals surface area contributed by atoms with Crippen molar-refractivity contribution in [3.8, 4) is 0 Å². The lowest BCUT2D eigenvalue weighted by Crippen LogP contribution is -2.26. The van der Waals surface area contributed by atoms with Crippen molar-refractivity contribution < 1.29 is 14.4 Å². The number of ether oxygens (including phenoxy) is 1. The minimum Gasteiger partial charge on any atom is -0.451 e. The summed E-state index contributed by atoms with van der Waals surface area (Å²) in [6, 6.07) is 0. The molecule has 0 N–H and O–H groups in total. The van der Waals surface area contributed by atoms with Crippen LogP contribution >= 0.6 is 0 Å². The predicted octanol–water partition coefficient (Wildman–Crippen LogP) is 0.636. The van der Waals surface area contributed by atoms with E-state index in [9.17, 15) is 4.79 Å². The third kappa shape index (κ3) is 2.92. The minimum absolute atomic E-state index is 0.464. The number of hydrogen-bond acceptors (Lipinski definition) is 3. The van der Waals surface area contributed by atoms with E-state index in [4.69, 9.17) is 4.84 Å². The summed E-state index contributed by atoms with van der Waals surface area (Å²) in [6.07, 6.45) is -0.489. The molecule has 0 aliphatic carbocycles. The van der Waals surface area contributed by atoms with Gasteiger partial charge in [-0.05, 0) is 6.92 Å². The molecule has 4 nitrogen and oxygen atoms in total. The highest BCUT2D eigenvalue weighted by atomic mass is 16.7. The van der Waals surface area contributed by atoms with E-state index in [0.717, 1.165) is 5.06 Å². The van der Waals surface area contributed by atoms with Crippen LogP contribution < -0.4 is 0 Å². The fourth-order valence-corrected chi connectivity index (χ4v) is 0.375. The summed E-state index contributed by atoms with van der Waals surface area (Å²) in [6.45, 7) is 2.26. The van der Waals surface area contributed by atoms with Crippen molar-refractivity contribution >= 4 is 6.09 Å². The third-order valence-electron chi connectivity index (χ3n) is 0.754. The molecule has 0 saturated carbocycles. The molecular formula is C5H11NO3. The zero-order valence-corrected chi connectivity index (χ0v) is 5.88. The van der Waals surface area contributed by atoms with Crippen LogP contribution in [0.2, 0.25) is 0 Å². The van der Waals surface area contributed by atoms with E-state index in [0.29, 0.717) is 6.61 Å². The van der Waals surface area contributed by atoms with Crippen molar-refractivity contribution in [3.63, 3.8) is 0 Å². The lowest BCUT2D eigenvalue weighted by Gasteiger charge is -2.12. The molecule has 1 amide bonds. The van der Waals surface area contributed by atoms with Gasteiger partial charge < -0.3 is 4.74 Å². The van der Waals surface area contributed by atoms with Gasteiger partial charge in [-0.15, -0.1) is 0 Å². The predicted molar refractivity (Wildman–Crippen MR) is 31.8 cm³/mol. The highest BCUT2D eigenvalue weighted by Gasteiger charge is 2.05. The molecule has 4 heteroatoms. The first-order valence-corrected chi connectivity index (χ1v) is 2.67. The molecule has 0 fully saturated rings. The Morgan fingerprint density at radius 1 is 1.67 bits per heavy atom. The van der Waals surface area contributed by atoms with E-state index in [1.165, 1.54) is 14.2 Å². The largest absolute Gasteiger partial charge is 0.451 e. The molecule has 0 saturated heterocycles. The van der Waals surface area contributed by atoms with Crippen LogP contribution in [0.1, 0.15) is 6.92 Å². The Kier molecular flexibility index (Phi) is 3.79. The van der Waals surface area contributed by atoms with Gasteiger partial charge in [0.1, 0.15) is 0 Å². The molecule has 0 radical (unpaired) electrons. The first-order valence-electron chi connectivity index (χ1n) is 2.67. The SMILES string of the molecule is CCON(C)C(=O)OC. The van der Waals surface area contributed by atoms with Crippen LogP contribution in [-0.4, -0.2) is 31.9 Å². The van der Waals surface area contributed by atoms with E-state index in [2.05, 4.69) is 4.74 Å². The summed E-state index contributed by atoms with van der Waals surface area (Å²) < 4.78 is 4.33. The number of nitrogens with zero attached hydrogens (tertiary/aromatic N) is 1. The molecule has 0 aromatic heterocycles. The first kappa shape index (κ1) is 8.23. The quantitative estimate of drug-likeness (QED) is 0.519. The Balaban J connectivity index is 3.45. The Morgan fingerprint density at radius 3 is 2.56 bits per heavy atom. The van der Waals surface area contributed by atoms with Gasteiger partial charge in [0, 0.05) is 7.05 Å². The molecular weight excluding hydrogens is 122 g/mol. The molecule has 0 aromatic rings. The van der Waals surface area contributed by atoms with Crippen molar-refractivity contribution in [1.29, 1.82) is 0 Å². The Morgan fingerprint density at radius 2 is 2.22 bits per heavy atom. The first-order chi connectivity index (χ1) is 4.22. The van der Waals surface area contributed by atoms with Gasteiger partial charge in [0.05, 0.1) is 13.7 Å². The van der Waals surface area contributed by atoms with E-state index in [1.807, 2.05) is 0 Å². The highest BCUT2D eigenvalue weighted by Crippen LogP contribution is 1.87. The number of carbonyl (C=O) groups excluding carboxylic acids is 1. The van der Waals surface area contributed by atoms with Crippen LogP contribution in [0, 0.1) is 0 Å². The van der Waals surface area contributed by atoms with E-state index >= 15 is 0 Å². The average Bonchev–Trinajstić information content (AvgIpc) is 1.87. The molecule has 0 atom stereocenters. The second kappa shape index (κ2) is 4.14. The van der Waals surface area contributed by atoms with E-state index < -0.39 is 6.09 Å². The van der Waals surface area contributed by atoms with Crippen molar-refractivity contribution in [2.45, 2.75) is 6.92 Å². The van der Waals surface area contributed by atoms with Gasteiger partial charge in [-0.2, -0.15) is 5.06 Å². The molecule has 54 valence electrons. The molecule has 0 aromatic carbocycles. The molecule has 0 spiro atoms. The Bertz CT molecular complexity index is 94.2. The highest BCUT2D eigenvalue weighted by molar-refractivity contribution is 5.65. The maximum Gasteiger partial charge on any atom is 0.433 e. The van der Waals surface area contributed by atoms with Crippen molar-refractivity contribution in [2.75, 3.05) is 20.8 Å². The van der Waals surface area contributed by atoms with Gasteiger partial charge in [0.2, 0.25) is 0 Å². The number of rotatable bonds is 2. The normalized spacial score (nSPS) is 8.78. The van der Waals surface area contributed by atoms with Crippen LogP contribution in [0.4, 0.5) is 4.79 Å². The van der Waals surface area contributed by atoms with Crippen LogP contribution in [-0.2, 0) is 9.57 Å². The van der Waals surface area contributed by atoms with Crippen molar-refractivity contribution in [1.82, 2.24) is 5.06 Å². The summed E-state index contributed by atoms with van der Waals surface area (Å²) in [5, 5.41) is 1.04. The molecule has 0 bridgehead atoms. The minimum atomic E-state index is -0.489. The number of methoxy groups -OCH3 is 1. The average molecular weight is 133 g/mol. The van der Waals surface area contributed by atoms with Gasteiger partial charge in [0.15, 0.2) is 0 Å². The van der Waals surface area contributed by atoms with Gasteiger partial charge in [0.25, 0.3) is 0 Å². The lowest BCUT2D eigenvalue weighted by atomic mass is 10.9. The molecule has 0 rings (SSSR count). The Hall–Kier alpha value is -0.770. The van der Waals surface area contributed by atoms with Crippen LogP contribution in [0.5, 0.6) is 0 Å². The van der Waals surface area contributed by atoms with Gasteiger partial charge in [-0.1, -0.05) is 0 Å². The summed E-state index contributed by atoms with van der Waals surface area (Å²) >= 11 is 0.